The zero-order chi connectivity index (χ0) is 9.00. The van der Waals surface area contributed by atoms with Crippen molar-refractivity contribution in [2.45, 2.75) is 0 Å². The molecule has 0 saturated heterocycles. The van der Waals surface area contributed by atoms with E-state index in [2.05, 4.69) is 0 Å². The van der Waals surface area contributed by atoms with E-state index in [1.165, 1.54) is 0 Å². The minimum absolute atomic E-state index is 0. The van der Waals surface area contributed by atoms with Crippen molar-refractivity contribution in [3.05, 3.63) is 0 Å². The monoisotopic (exact) mass is 250 g/mol. The molecule has 0 aromatic heterocycles. The van der Waals surface area contributed by atoms with E-state index in [1.54, 1.807) is 0 Å². The average Bonchev–Trinajstić information content (AvgIpc) is 1.12. The molecular weight excluding hydrogens is 243 g/mol. The fourth-order valence-corrected chi connectivity index (χ4v) is 0. The molecule has 0 rings (SSSR count). The second kappa shape index (κ2) is 5.90. The first-order valence-corrected chi connectivity index (χ1v) is 5.54. The van der Waals surface area contributed by atoms with Crippen molar-refractivity contribution >= 4 is 20.2 Å². The maximum atomic E-state index is 9.19. The summed E-state index contributed by atoms with van der Waals surface area (Å²) in [5.41, 5.74) is 0. The smallest absolute Gasteiger partial charge is 0.261 e. The Kier molecular flexibility index (Phi) is 9.34. The second-order valence-corrected chi connectivity index (χ2v) is 4.40. The zero-order valence-electron chi connectivity index (χ0n) is 5.66. The van der Waals surface area contributed by atoms with Gasteiger partial charge in [0.05, 0.1) is 12.5 Å². The number of hydrogen-bond donors (Lipinski definition) is 2. The van der Waals surface area contributed by atoms with Crippen LogP contribution in [0, 0.1) is 0 Å². The van der Waals surface area contributed by atoms with Gasteiger partial charge in [0.2, 0.25) is 0 Å². The van der Waals surface area contributed by atoms with Crippen LogP contribution in [0.4, 0.5) is 0 Å². The quantitative estimate of drug-likeness (QED) is 0.422. The normalized spacial score (nSPS) is 10.5. The van der Waals surface area contributed by atoms with Gasteiger partial charge in [-0.2, -0.15) is 16.8 Å². The molecule has 2 N–H and O–H groups in total. The van der Waals surface area contributed by atoms with Gasteiger partial charge in [0.15, 0.2) is 0 Å². The summed E-state index contributed by atoms with van der Waals surface area (Å²) in [7, 11) is -7.33. The Balaban J connectivity index is -0.000000107. The minimum atomic E-state index is -3.67. The van der Waals surface area contributed by atoms with E-state index in [9.17, 15) is 16.8 Å². The molecule has 0 unspecified atom stereocenters. The molecule has 0 spiro atoms. The topological polar surface area (TPSA) is 109 Å². The van der Waals surface area contributed by atoms with Crippen molar-refractivity contribution in [1.82, 2.24) is 0 Å². The molecule has 0 radical (unpaired) electrons. The number of rotatable bonds is 0. The van der Waals surface area contributed by atoms with Crippen LogP contribution >= 0.6 is 0 Å². The van der Waals surface area contributed by atoms with Crippen LogP contribution in [0.15, 0.2) is 0 Å². The number of hydrogen-bond acceptors (Lipinski definition) is 4. The van der Waals surface area contributed by atoms with Crippen molar-refractivity contribution in [2.75, 3.05) is 12.5 Å². The van der Waals surface area contributed by atoms with Crippen molar-refractivity contribution < 1.29 is 42.4 Å². The van der Waals surface area contributed by atoms with Crippen LogP contribution in [0.3, 0.4) is 0 Å². The Morgan fingerprint density at radius 1 is 0.818 bits per heavy atom. The Bertz CT molecular complexity index is 215. The van der Waals surface area contributed by atoms with Crippen LogP contribution in [0.25, 0.3) is 0 Å². The average molecular weight is 251 g/mol. The van der Waals surface area contributed by atoms with Gasteiger partial charge in [0.1, 0.15) is 0 Å². The summed E-state index contributed by atoms with van der Waals surface area (Å²) in [6.07, 6.45) is 1.43. The molecule has 0 aromatic rings. The molecule has 0 aliphatic heterocycles. The molecule has 74 valence electrons. The van der Waals surface area contributed by atoms with E-state index in [0.717, 1.165) is 0 Å². The Hall–Kier alpha value is 0.314. The predicted octanol–water partition coefficient (Wildman–Crippen LogP) is -0.994. The van der Waals surface area contributed by atoms with Crippen LogP contribution in [0.5, 0.6) is 0 Å². The Morgan fingerprint density at radius 3 is 0.818 bits per heavy atom. The summed E-state index contributed by atoms with van der Waals surface area (Å²) in [5.74, 6) is 0. The fraction of sp³-hybridized carbons (Fsp3) is 1.00. The molecule has 0 aromatic carbocycles. The summed E-state index contributed by atoms with van der Waals surface area (Å²) in [6.45, 7) is 0. The first-order chi connectivity index (χ1) is 4.00. The molecular formula is C2H8NiO6S2. The van der Waals surface area contributed by atoms with Gasteiger partial charge in [-0.1, -0.05) is 0 Å². The standard InChI is InChI=1S/2CH4O3S.Ni/c2*1-5(2,3)4;/h2*1H3,(H,2,3,4);. The van der Waals surface area contributed by atoms with Crippen molar-refractivity contribution in [3.63, 3.8) is 0 Å². The van der Waals surface area contributed by atoms with Crippen molar-refractivity contribution in [3.8, 4) is 0 Å². The predicted molar refractivity (Wildman–Crippen MR) is 34.9 cm³/mol. The third-order valence-electron chi connectivity index (χ3n) is 0. The minimum Gasteiger partial charge on any atom is -0.286 e. The molecule has 0 heterocycles. The molecule has 0 fully saturated rings. The summed E-state index contributed by atoms with van der Waals surface area (Å²) in [6, 6.07) is 0. The van der Waals surface area contributed by atoms with Gasteiger partial charge < -0.3 is 0 Å². The third-order valence-corrected chi connectivity index (χ3v) is 0. The van der Waals surface area contributed by atoms with E-state index in [-0.39, 0.29) is 16.5 Å². The van der Waals surface area contributed by atoms with Gasteiger partial charge in [-0.15, -0.1) is 0 Å². The summed E-state index contributed by atoms with van der Waals surface area (Å²) in [4.78, 5) is 0. The van der Waals surface area contributed by atoms with E-state index in [1.807, 2.05) is 0 Å². The molecule has 0 aliphatic carbocycles. The fourth-order valence-electron chi connectivity index (χ4n) is 0. The van der Waals surface area contributed by atoms with Crippen LogP contribution in [0.2, 0.25) is 0 Å². The van der Waals surface area contributed by atoms with Crippen LogP contribution in [0.1, 0.15) is 0 Å². The summed E-state index contributed by atoms with van der Waals surface area (Å²) in [5, 5.41) is 0. The SMILES string of the molecule is CS(=O)(=O)O.CS(=O)(=O)O.[Ni]. The van der Waals surface area contributed by atoms with E-state index in [4.69, 9.17) is 9.11 Å². The summed E-state index contributed by atoms with van der Waals surface area (Å²) >= 11 is 0. The van der Waals surface area contributed by atoms with E-state index < -0.39 is 20.2 Å². The van der Waals surface area contributed by atoms with E-state index in [0.29, 0.717) is 12.5 Å². The van der Waals surface area contributed by atoms with Crippen LogP contribution in [-0.4, -0.2) is 38.5 Å². The van der Waals surface area contributed by atoms with Gasteiger partial charge in [0, 0.05) is 16.5 Å². The van der Waals surface area contributed by atoms with Gasteiger partial charge in [-0.05, 0) is 0 Å². The second-order valence-electron chi connectivity index (χ2n) is 1.47. The molecule has 9 heteroatoms. The van der Waals surface area contributed by atoms with Gasteiger partial charge >= 0.3 is 0 Å². The first-order valence-electron chi connectivity index (χ1n) is 1.85. The van der Waals surface area contributed by atoms with Crippen LogP contribution < -0.4 is 0 Å². The maximum absolute atomic E-state index is 9.19. The molecule has 11 heavy (non-hydrogen) atoms. The molecule has 6 nitrogen and oxygen atoms in total. The van der Waals surface area contributed by atoms with Gasteiger partial charge in [-0.3, -0.25) is 9.11 Å². The Labute approximate surface area is 75.4 Å². The zero-order valence-corrected chi connectivity index (χ0v) is 8.28. The largest absolute Gasteiger partial charge is 0.286 e. The Morgan fingerprint density at radius 2 is 0.818 bits per heavy atom. The molecule has 0 amide bonds. The maximum Gasteiger partial charge on any atom is 0.261 e. The van der Waals surface area contributed by atoms with Crippen molar-refractivity contribution in [2.24, 2.45) is 0 Å². The molecule has 0 bridgehead atoms. The van der Waals surface area contributed by atoms with Gasteiger partial charge in [0.25, 0.3) is 20.2 Å². The molecule has 0 atom stereocenters. The van der Waals surface area contributed by atoms with E-state index >= 15 is 0 Å². The third kappa shape index (κ3) is 7250. The van der Waals surface area contributed by atoms with Gasteiger partial charge in [-0.25, -0.2) is 0 Å². The molecule has 0 aliphatic rings. The van der Waals surface area contributed by atoms with Crippen LogP contribution in [-0.2, 0) is 36.7 Å². The first kappa shape index (κ1) is 17.4. The molecule has 0 saturated carbocycles. The van der Waals surface area contributed by atoms with Crippen molar-refractivity contribution in [1.29, 1.82) is 0 Å². The summed E-state index contributed by atoms with van der Waals surface area (Å²) < 4.78 is 51.7.